The summed E-state index contributed by atoms with van der Waals surface area (Å²) in [6.45, 7) is 0.814. The van der Waals surface area contributed by atoms with Gasteiger partial charge in [0.1, 0.15) is 5.75 Å². The van der Waals surface area contributed by atoms with Crippen LogP contribution in [0.3, 0.4) is 0 Å². The smallest absolute Gasteiger partial charge is 0.350 e. The van der Waals surface area contributed by atoms with E-state index < -0.39 is 1.87 Å². The van der Waals surface area contributed by atoms with Crippen molar-refractivity contribution in [1.29, 1.82) is 0 Å². The summed E-state index contributed by atoms with van der Waals surface area (Å²) in [5.41, 5.74) is 2.27. The van der Waals surface area contributed by atoms with Crippen LogP contribution >= 0.6 is 45.2 Å². The van der Waals surface area contributed by atoms with Crippen LogP contribution in [0.2, 0.25) is 0 Å². The Morgan fingerprint density at radius 3 is 2.68 bits per heavy atom. The first-order chi connectivity index (χ1) is 12.0. The number of fused-ring (bicyclic) bond motifs is 3. The largest absolute Gasteiger partial charge is 0.442 e. The Balaban J connectivity index is 1.63. The monoisotopic (exact) mass is 571 g/mol. The summed E-state index contributed by atoms with van der Waals surface area (Å²) in [4.78, 5) is 0. The minimum Gasteiger partial charge on any atom is -0.442 e. The van der Waals surface area contributed by atoms with Gasteiger partial charge in [-0.1, -0.05) is 19.3 Å². The zero-order valence-electron chi connectivity index (χ0n) is 14.1. The molecule has 0 aromatic heterocycles. The molecule has 0 unspecified atom stereocenters. The van der Waals surface area contributed by atoms with Crippen molar-refractivity contribution in [3.05, 3.63) is 23.8 Å². The lowest BCUT2D eigenvalue weighted by atomic mass is 9.71. The van der Waals surface area contributed by atoms with Gasteiger partial charge in [-0.15, -0.1) is 0 Å². The van der Waals surface area contributed by atoms with E-state index in [0.29, 0.717) is 17.7 Å². The molecule has 1 aromatic carbocycles. The average molecular weight is 571 g/mol. The Morgan fingerprint density at radius 2 is 1.92 bits per heavy atom. The molecule has 25 heavy (non-hydrogen) atoms. The standard InChI is InChI=1S/C19H24FI2NO2/c20-19(21,22)25-13-8-9-16-15(11-13)18-14(7-4-10-24-18)17(23-16)12-5-2-1-3-6-12/h8-9,11-12,14,17-18,23H,1-7,10H2/t14-,17+,18-/m0/s1. The maximum Gasteiger partial charge on any atom is 0.350 e. The van der Waals surface area contributed by atoms with Crippen LogP contribution in [0.1, 0.15) is 56.6 Å². The van der Waals surface area contributed by atoms with Gasteiger partial charge in [0.05, 0.1) is 6.10 Å². The molecule has 3 aliphatic rings. The minimum absolute atomic E-state index is 0.109. The van der Waals surface area contributed by atoms with Gasteiger partial charge in [0.25, 0.3) is 0 Å². The lowest BCUT2D eigenvalue weighted by Gasteiger charge is -2.47. The second-order valence-corrected chi connectivity index (χ2v) is 12.3. The van der Waals surface area contributed by atoms with Crippen LogP contribution in [-0.4, -0.2) is 14.5 Å². The second kappa shape index (κ2) is 7.66. The SMILES string of the molecule is FC(I)(I)Oc1ccc2c(c1)[C@H]1OCCC[C@H]1[C@@H](C1CCCCC1)N2. The molecular weight excluding hydrogens is 547 g/mol. The molecule has 0 spiro atoms. The third-order valence-corrected chi connectivity index (χ3v) is 6.31. The fraction of sp³-hybridized carbons (Fsp3) is 0.684. The number of nitrogens with one attached hydrogen (secondary N) is 1. The molecule has 3 nitrogen and oxygen atoms in total. The zero-order chi connectivity index (χ0) is 17.4. The van der Waals surface area contributed by atoms with Gasteiger partial charge in [-0.25, -0.2) is 0 Å². The highest BCUT2D eigenvalue weighted by molar-refractivity contribution is 14.2. The molecule has 0 bridgehead atoms. The topological polar surface area (TPSA) is 30.5 Å². The maximum absolute atomic E-state index is 13.8. The number of hydrogen-bond acceptors (Lipinski definition) is 3. The Morgan fingerprint density at radius 1 is 1.12 bits per heavy atom. The third-order valence-electron chi connectivity index (χ3n) is 5.87. The molecule has 2 aliphatic heterocycles. The van der Waals surface area contributed by atoms with Crippen LogP contribution in [0.15, 0.2) is 18.2 Å². The van der Waals surface area contributed by atoms with Gasteiger partial charge in [0.15, 0.2) is 0 Å². The van der Waals surface area contributed by atoms with E-state index in [1.165, 1.54) is 38.5 Å². The molecule has 6 heteroatoms. The predicted octanol–water partition coefficient (Wildman–Crippen LogP) is 6.36. The summed E-state index contributed by atoms with van der Waals surface area (Å²) in [5, 5.41) is 3.82. The Hall–Kier alpha value is 0.170. The normalized spacial score (nSPS) is 30.1. The number of benzene rings is 1. The molecule has 0 amide bonds. The molecule has 2 fully saturated rings. The molecule has 0 radical (unpaired) electrons. The van der Waals surface area contributed by atoms with Crippen molar-refractivity contribution in [2.45, 2.75) is 59.0 Å². The molecule has 1 aromatic rings. The summed E-state index contributed by atoms with van der Waals surface area (Å²) in [6.07, 6.45) is 9.18. The summed E-state index contributed by atoms with van der Waals surface area (Å²) in [6, 6.07) is 6.36. The Bertz CT molecular complexity index is 616. The van der Waals surface area contributed by atoms with Crippen molar-refractivity contribution in [2.24, 2.45) is 11.8 Å². The first kappa shape index (κ1) is 18.5. The van der Waals surface area contributed by atoms with Crippen LogP contribution in [-0.2, 0) is 4.74 Å². The molecule has 1 saturated carbocycles. The van der Waals surface area contributed by atoms with Crippen molar-refractivity contribution in [3.63, 3.8) is 0 Å². The lowest BCUT2D eigenvalue weighted by molar-refractivity contribution is -0.0459. The number of anilines is 1. The van der Waals surface area contributed by atoms with Crippen molar-refractivity contribution in [1.82, 2.24) is 0 Å². The van der Waals surface area contributed by atoms with E-state index in [0.717, 1.165) is 30.2 Å². The number of rotatable bonds is 3. The molecule has 3 atom stereocenters. The fourth-order valence-electron chi connectivity index (χ4n) is 4.84. The van der Waals surface area contributed by atoms with Gasteiger partial charge in [-0.05, 0) is 49.8 Å². The van der Waals surface area contributed by atoms with Crippen LogP contribution < -0.4 is 10.1 Å². The highest BCUT2D eigenvalue weighted by Gasteiger charge is 2.42. The van der Waals surface area contributed by atoms with E-state index in [-0.39, 0.29) is 6.10 Å². The van der Waals surface area contributed by atoms with Crippen LogP contribution in [0, 0.1) is 11.8 Å². The molecule has 138 valence electrons. The van der Waals surface area contributed by atoms with Gasteiger partial charge in [0, 0.05) is 75.0 Å². The summed E-state index contributed by atoms with van der Waals surface area (Å²) in [7, 11) is 0. The van der Waals surface area contributed by atoms with Gasteiger partial charge in [-0.2, -0.15) is 4.39 Å². The van der Waals surface area contributed by atoms with Crippen molar-refractivity contribution in [2.75, 3.05) is 11.9 Å². The van der Waals surface area contributed by atoms with Crippen molar-refractivity contribution >= 4 is 50.9 Å². The van der Waals surface area contributed by atoms with Crippen LogP contribution in [0.25, 0.3) is 0 Å². The summed E-state index contributed by atoms with van der Waals surface area (Å²) < 4.78 is 23.8. The van der Waals surface area contributed by atoms with Crippen molar-refractivity contribution < 1.29 is 13.9 Å². The van der Waals surface area contributed by atoms with Crippen molar-refractivity contribution in [3.8, 4) is 5.75 Å². The molecule has 2 heterocycles. The summed E-state index contributed by atoms with van der Waals surface area (Å²) >= 11 is 3.31. The highest BCUT2D eigenvalue weighted by Crippen LogP contribution is 2.48. The van der Waals surface area contributed by atoms with E-state index in [9.17, 15) is 4.39 Å². The molecular formula is C19H24FI2NO2. The van der Waals surface area contributed by atoms with E-state index in [1.807, 2.05) is 18.2 Å². The molecule has 4 rings (SSSR count). The quantitative estimate of drug-likeness (QED) is 0.339. The summed E-state index contributed by atoms with van der Waals surface area (Å²) in [5.74, 6) is 1.82. The van der Waals surface area contributed by atoms with Gasteiger partial charge in [-0.3, -0.25) is 0 Å². The van der Waals surface area contributed by atoms with E-state index in [4.69, 9.17) is 9.47 Å². The number of hydrogen-bond donors (Lipinski definition) is 1. The van der Waals surface area contributed by atoms with E-state index >= 15 is 0 Å². The molecule has 1 N–H and O–H groups in total. The predicted molar refractivity (Wildman–Crippen MR) is 114 cm³/mol. The van der Waals surface area contributed by atoms with E-state index in [1.54, 1.807) is 45.2 Å². The average Bonchev–Trinajstić information content (AvgIpc) is 2.60. The number of ether oxygens (including phenoxy) is 2. The Labute approximate surface area is 176 Å². The number of alkyl halides is 3. The zero-order valence-corrected chi connectivity index (χ0v) is 18.5. The lowest BCUT2D eigenvalue weighted by Crippen LogP contribution is -2.46. The maximum atomic E-state index is 13.8. The second-order valence-electron chi connectivity index (χ2n) is 7.46. The Kier molecular flexibility index (Phi) is 5.67. The van der Waals surface area contributed by atoms with Crippen LogP contribution in [0.5, 0.6) is 5.75 Å². The van der Waals surface area contributed by atoms with Crippen LogP contribution in [0.4, 0.5) is 10.1 Å². The van der Waals surface area contributed by atoms with Gasteiger partial charge < -0.3 is 14.8 Å². The third kappa shape index (κ3) is 4.20. The minimum atomic E-state index is -1.73. The van der Waals surface area contributed by atoms with E-state index in [2.05, 4.69) is 5.32 Å². The highest BCUT2D eigenvalue weighted by atomic mass is 127. The first-order valence-corrected chi connectivity index (χ1v) is 11.4. The van der Waals surface area contributed by atoms with Gasteiger partial charge in [0.2, 0.25) is 0 Å². The van der Waals surface area contributed by atoms with Gasteiger partial charge >= 0.3 is 1.87 Å². The fourth-order valence-corrected chi connectivity index (χ4v) is 5.35. The number of halogens is 3. The first-order valence-electron chi connectivity index (χ1n) is 9.29. The molecule has 1 saturated heterocycles. The molecule has 1 aliphatic carbocycles.